The maximum atomic E-state index is 2.30. The van der Waals surface area contributed by atoms with Crippen molar-refractivity contribution in [3.63, 3.8) is 0 Å². The van der Waals surface area contributed by atoms with Crippen LogP contribution in [-0.4, -0.2) is 0 Å². The molecule has 0 N–H and O–H groups in total. The maximum absolute atomic E-state index is 2.30. The average molecular weight is 122 g/mol. The summed E-state index contributed by atoms with van der Waals surface area (Å²) < 4.78 is 0. The van der Waals surface area contributed by atoms with E-state index in [1.54, 1.807) is 11.1 Å². The molecule has 0 radical (unpaired) electrons. The standard InChI is InChI=1S/C9H14/c1-6-3-8-5-9(8)4-7(6)2/h8-9H,3-5H2,1-2H3. The first kappa shape index (κ1) is 5.52. The third-order valence-electron chi connectivity index (χ3n) is 2.93. The second kappa shape index (κ2) is 1.62. The van der Waals surface area contributed by atoms with Crippen molar-refractivity contribution in [3.8, 4) is 0 Å². The molecule has 1 fully saturated rings. The van der Waals surface area contributed by atoms with Crippen molar-refractivity contribution in [3.05, 3.63) is 11.1 Å². The Bertz CT molecular complexity index is 147. The molecule has 2 unspecified atom stereocenters. The minimum absolute atomic E-state index is 1.11. The van der Waals surface area contributed by atoms with E-state index in [0.29, 0.717) is 0 Å². The normalized spacial score (nSPS) is 40.7. The van der Waals surface area contributed by atoms with E-state index >= 15 is 0 Å². The Labute approximate surface area is 57.0 Å². The quantitative estimate of drug-likeness (QED) is 0.433. The lowest BCUT2D eigenvalue weighted by atomic mass is 9.94. The molecule has 0 amide bonds. The molecule has 9 heavy (non-hydrogen) atoms. The van der Waals surface area contributed by atoms with Gasteiger partial charge in [0.05, 0.1) is 0 Å². The van der Waals surface area contributed by atoms with Crippen molar-refractivity contribution in [2.75, 3.05) is 0 Å². The van der Waals surface area contributed by atoms with E-state index in [9.17, 15) is 0 Å². The number of allylic oxidation sites excluding steroid dienone is 2. The molecular formula is C9H14. The van der Waals surface area contributed by atoms with Crippen LogP contribution in [0.25, 0.3) is 0 Å². The highest BCUT2D eigenvalue weighted by molar-refractivity contribution is 5.19. The van der Waals surface area contributed by atoms with Crippen LogP contribution in [0.15, 0.2) is 11.1 Å². The highest BCUT2D eigenvalue weighted by Gasteiger charge is 2.39. The van der Waals surface area contributed by atoms with Crippen LogP contribution in [-0.2, 0) is 0 Å². The summed E-state index contributed by atoms with van der Waals surface area (Å²) in [4.78, 5) is 0. The molecule has 2 aliphatic carbocycles. The van der Waals surface area contributed by atoms with Crippen LogP contribution < -0.4 is 0 Å². The molecule has 0 heteroatoms. The number of hydrogen-bond acceptors (Lipinski definition) is 0. The highest BCUT2D eigenvalue weighted by atomic mass is 14.4. The SMILES string of the molecule is CC1=C(C)CC2CC2C1. The molecule has 50 valence electrons. The lowest BCUT2D eigenvalue weighted by Gasteiger charge is -2.12. The van der Waals surface area contributed by atoms with Gasteiger partial charge in [0.1, 0.15) is 0 Å². The van der Waals surface area contributed by atoms with Crippen LogP contribution in [0.3, 0.4) is 0 Å². The van der Waals surface area contributed by atoms with Gasteiger partial charge in [0.2, 0.25) is 0 Å². The van der Waals surface area contributed by atoms with Gasteiger partial charge in [-0.3, -0.25) is 0 Å². The van der Waals surface area contributed by atoms with Gasteiger partial charge in [0, 0.05) is 0 Å². The molecule has 1 saturated carbocycles. The lowest BCUT2D eigenvalue weighted by Crippen LogP contribution is -1.96. The smallest absolute Gasteiger partial charge is 0.0289 e. The van der Waals surface area contributed by atoms with Crippen LogP contribution in [0.1, 0.15) is 33.1 Å². The van der Waals surface area contributed by atoms with Crippen molar-refractivity contribution in [1.29, 1.82) is 0 Å². The monoisotopic (exact) mass is 122 g/mol. The molecule has 2 atom stereocenters. The summed E-state index contributed by atoms with van der Waals surface area (Å²) in [7, 11) is 0. The number of hydrogen-bond donors (Lipinski definition) is 0. The Morgan fingerprint density at radius 2 is 1.44 bits per heavy atom. The maximum Gasteiger partial charge on any atom is -0.0289 e. The van der Waals surface area contributed by atoms with Gasteiger partial charge < -0.3 is 0 Å². The summed E-state index contributed by atoms with van der Waals surface area (Å²) in [6.07, 6.45) is 4.35. The molecule has 2 aliphatic rings. The van der Waals surface area contributed by atoms with Gasteiger partial charge in [0.15, 0.2) is 0 Å². The largest absolute Gasteiger partial charge is 0.0741 e. The van der Waals surface area contributed by atoms with Crippen molar-refractivity contribution < 1.29 is 0 Å². The zero-order valence-corrected chi connectivity index (χ0v) is 6.28. The molecule has 0 heterocycles. The fraction of sp³-hybridized carbons (Fsp3) is 0.778. The first-order valence-electron chi connectivity index (χ1n) is 3.92. The fourth-order valence-corrected chi connectivity index (χ4v) is 1.95. The minimum atomic E-state index is 1.11. The average Bonchev–Trinajstić information content (AvgIpc) is 2.46. The van der Waals surface area contributed by atoms with Crippen molar-refractivity contribution in [2.45, 2.75) is 33.1 Å². The first-order chi connectivity index (χ1) is 4.27. The molecule has 0 aromatic heterocycles. The Balaban J connectivity index is 2.17. The van der Waals surface area contributed by atoms with E-state index in [1.807, 2.05) is 0 Å². The summed E-state index contributed by atoms with van der Waals surface area (Å²) in [5.41, 5.74) is 3.35. The van der Waals surface area contributed by atoms with Crippen LogP contribution in [0, 0.1) is 11.8 Å². The molecule has 0 bridgehead atoms. The van der Waals surface area contributed by atoms with E-state index in [2.05, 4.69) is 13.8 Å². The highest BCUT2D eigenvalue weighted by Crippen LogP contribution is 2.50. The topological polar surface area (TPSA) is 0 Å². The van der Waals surface area contributed by atoms with E-state index in [-0.39, 0.29) is 0 Å². The van der Waals surface area contributed by atoms with Gasteiger partial charge in [-0.2, -0.15) is 0 Å². The molecule has 0 aromatic carbocycles. The van der Waals surface area contributed by atoms with Crippen LogP contribution >= 0.6 is 0 Å². The summed E-state index contributed by atoms with van der Waals surface area (Å²) in [6.45, 7) is 4.59. The molecule has 0 saturated heterocycles. The zero-order valence-electron chi connectivity index (χ0n) is 6.28. The minimum Gasteiger partial charge on any atom is -0.0741 e. The van der Waals surface area contributed by atoms with Gasteiger partial charge in [-0.1, -0.05) is 11.1 Å². The van der Waals surface area contributed by atoms with Gasteiger partial charge >= 0.3 is 0 Å². The molecule has 0 spiro atoms. The van der Waals surface area contributed by atoms with Crippen LogP contribution in [0.4, 0.5) is 0 Å². The van der Waals surface area contributed by atoms with E-state index < -0.39 is 0 Å². The predicted molar refractivity (Wildman–Crippen MR) is 39.2 cm³/mol. The molecule has 2 rings (SSSR count). The Hall–Kier alpha value is -0.260. The second-order valence-electron chi connectivity index (χ2n) is 3.72. The van der Waals surface area contributed by atoms with Crippen LogP contribution in [0.2, 0.25) is 0 Å². The fourth-order valence-electron chi connectivity index (χ4n) is 1.95. The van der Waals surface area contributed by atoms with Crippen molar-refractivity contribution in [2.24, 2.45) is 11.8 Å². The van der Waals surface area contributed by atoms with Gasteiger partial charge in [-0.25, -0.2) is 0 Å². The third-order valence-corrected chi connectivity index (χ3v) is 2.93. The molecular weight excluding hydrogens is 108 g/mol. The van der Waals surface area contributed by atoms with Gasteiger partial charge in [-0.05, 0) is 44.9 Å². The van der Waals surface area contributed by atoms with E-state index in [4.69, 9.17) is 0 Å². The Morgan fingerprint density at radius 1 is 1.00 bits per heavy atom. The van der Waals surface area contributed by atoms with Crippen molar-refractivity contribution >= 4 is 0 Å². The zero-order chi connectivity index (χ0) is 6.43. The summed E-state index contributed by atoms with van der Waals surface area (Å²) in [5.74, 6) is 2.21. The predicted octanol–water partition coefficient (Wildman–Crippen LogP) is 2.75. The summed E-state index contributed by atoms with van der Waals surface area (Å²) in [6, 6.07) is 0. The summed E-state index contributed by atoms with van der Waals surface area (Å²) >= 11 is 0. The number of fused-ring (bicyclic) bond motifs is 1. The lowest BCUT2D eigenvalue weighted by molar-refractivity contribution is 0.637. The van der Waals surface area contributed by atoms with E-state index in [1.165, 1.54) is 19.3 Å². The van der Waals surface area contributed by atoms with Crippen LogP contribution in [0.5, 0.6) is 0 Å². The molecule has 0 nitrogen and oxygen atoms in total. The van der Waals surface area contributed by atoms with Crippen molar-refractivity contribution in [1.82, 2.24) is 0 Å². The number of rotatable bonds is 0. The molecule has 0 aromatic rings. The molecule has 0 aliphatic heterocycles. The van der Waals surface area contributed by atoms with Gasteiger partial charge in [-0.15, -0.1) is 0 Å². The first-order valence-corrected chi connectivity index (χ1v) is 3.92. The van der Waals surface area contributed by atoms with E-state index in [0.717, 1.165) is 11.8 Å². The Kier molecular flexibility index (Phi) is 0.992. The third kappa shape index (κ3) is 0.810. The Morgan fingerprint density at radius 3 is 1.89 bits per heavy atom. The second-order valence-corrected chi connectivity index (χ2v) is 3.72. The van der Waals surface area contributed by atoms with Gasteiger partial charge in [0.25, 0.3) is 0 Å². The summed E-state index contributed by atoms with van der Waals surface area (Å²) in [5, 5.41) is 0.